The summed E-state index contributed by atoms with van der Waals surface area (Å²) in [5.74, 6) is -1.02. The lowest BCUT2D eigenvalue weighted by Gasteiger charge is -1.92. The van der Waals surface area contributed by atoms with Gasteiger partial charge in [-0.15, -0.1) is 11.6 Å². The number of rotatable bonds is 5. The first-order valence-electron chi connectivity index (χ1n) is 4.04. The van der Waals surface area contributed by atoms with E-state index < -0.39 is 11.9 Å². The summed E-state index contributed by atoms with van der Waals surface area (Å²) in [6.45, 7) is 1.89. The average molecular weight is 211 g/mol. The SMILES string of the molecule is CCCl.O=C(O)CCCCC(=O)O. The minimum atomic E-state index is -0.870. The third-order valence-corrected chi connectivity index (χ3v) is 1.03. The molecule has 78 valence electrons. The molecule has 0 aliphatic heterocycles. The number of halogens is 1. The predicted octanol–water partition coefficient (Wildman–Crippen LogP) is 1.96. The van der Waals surface area contributed by atoms with E-state index in [0.29, 0.717) is 12.8 Å². The van der Waals surface area contributed by atoms with E-state index in [4.69, 9.17) is 21.8 Å². The highest BCUT2D eigenvalue weighted by Crippen LogP contribution is 1.98. The monoisotopic (exact) mass is 210 g/mol. The van der Waals surface area contributed by atoms with Crippen molar-refractivity contribution < 1.29 is 19.8 Å². The second-order valence-electron chi connectivity index (χ2n) is 2.26. The summed E-state index contributed by atoms with van der Waals surface area (Å²) < 4.78 is 0. The number of aliphatic carboxylic acids is 2. The van der Waals surface area contributed by atoms with Gasteiger partial charge >= 0.3 is 11.9 Å². The van der Waals surface area contributed by atoms with Gasteiger partial charge in [-0.1, -0.05) is 6.92 Å². The van der Waals surface area contributed by atoms with Crippen molar-refractivity contribution in [3.8, 4) is 0 Å². The van der Waals surface area contributed by atoms with Gasteiger partial charge in [0.2, 0.25) is 0 Å². The molecule has 0 aliphatic rings. The molecule has 0 saturated heterocycles. The van der Waals surface area contributed by atoms with Crippen LogP contribution in [-0.2, 0) is 9.59 Å². The topological polar surface area (TPSA) is 74.6 Å². The maximum Gasteiger partial charge on any atom is 0.303 e. The van der Waals surface area contributed by atoms with E-state index in [-0.39, 0.29) is 12.8 Å². The van der Waals surface area contributed by atoms with E-state index >= 15 is 0 Å². The minimum absolute atomic E-state index is 0.0628. The fraction of sp³-hybridized carbons (Fsp3) is 0.750. The largest absolute Gasteiger partial charge is 0.481 e. The Labute approximate surface area is 82.5 Å². The molecule has 0 rings (SSSR count). The highest BCUT2D eigenvalue weighted by atomic mass is 35.5. The average Bonchev–Trinajstić information content (AvgIpc) is 1.99. The Bertz CT molecular complexity index is 131. The zero-order valence-corrected chi connectivity index (χ0v) is 8.38. The summed E-state index contributed by atoms with van der Waals surface area (Å²) in [7, 11) is 0. The molecule has 0 aromatic carbocycles. The number of alkyl halides is 1. The van der Waals surface area contributed by atoms with Crippen LogP contribution in [0.5, 0.6) is 0 Å². The number of carboxylic acid groups (broad SMARTS) is 2. The Kier molecular flexibility index (Phi) is 12.7. The molecule has 0 saturated carbocycles. The number of carbonyl (C=O) groups is 2. The smallest absolute Gasteiger partial charge is 0.303 e. The second-order valence-corrected chi connectivity index (χ2v) is 2.80. The van der Waals surface area contributed by atoms with Crippen LogP contribution in [0.15, 0.2) is 0 Å². The minimum Gasteiger partial charge on any atom is -0.481 e. The van der Waals surface area contributed by atoms with Gasteiger partial charge in [-0.2, -0.15) is 0 Å². The molecule has 0 aromatic heterocycles. The number of hydrogen-bond donors (Lipinski definition) is 2. The molecule has 2 N–H and O–H groups in total. The molecule has 4 nitrogen and oxygen atoms in total. The van der Waals surface area contributed by atoms with Crippen LogP contribution in [-0.4, -0.2) is 28.0 Å². The normalized spacial score (nSPS) is 8.46. The fourth-order valence-electron chi connectivity index (χ4n) is 0.552. The van der Waals surface area contributed by atoms with Crippen LogP contribution in [0.1, 0.15) is 32.6 Å². The van der Waals surface area contributed by atoms with Crippen LogP contribution < -0.4 is 0 Å². The lowest BCUT2D eigenvalue weighted by atomic mass is 10.2. The highest BCUT2D eigenvalue weighted by Gasteiger charge is 1.99. The van der Waals surface area contributed by atoms with Crippen LogP contribution >= 0.6 is 11.6 Å². The molecule has 0 bridgehead atoms. The van der Waals surface area contributed by atoms with Crippen LogP contribution in [0.25, 0.3) is 0 Å². The summed E-state index contributed by atoms with van der Waals surface area (Å²) in [6.07, 6.45) is 1.02. The van der Waals surface area contributed by atoms with Crippen LogP contribution in [0, 0.1) is 0 Å². The molecule has 0 radical (unpaired) electrons. The van der Waals surface area contributed by atoms with E-state index in [0.717, 1.165) is 5.88 Å². The van der Waals surface area contributed by atoms with Crippen molar-refractivity contribution in [3.05, 3.63) is 0 Å². The third-order valence-electron chi connectivity index (χ3n) is 1.03. The summed E-state index contributed by atoms with van der Waals surface area (Å²) in [5, 5.41) is 16.3. The van der Waals surface area contributed by atoms with Crippen molar-refractivity contribution in [2.24, 2.45) is 0 Å². The van der Waals surface area contributed by atoms with Gasteiger partial charge in [0.05, 0.1) is 0 Å². The van der Waals surface area contributed by atoms with E-state index in [1.807, 2.05) is 6.92 Å². The first-order valence-corrected chi connectivity index (χ1v) is 4.57. The molecule has 0 unspecified atom stereocenters. The Morgan fingerprint density at radius 2 is 1.31 bits per heavy atom. The number of carboxylic acids is 2. The van der Waals surface area contributed by atoms with E-state index in [1.54, 1.807) is 0 Å². The van der Waals surface area contributed by atoms with Crippen LogP contribution in [0.2, 0.25) is 0 Å². The van der Waals surface area contributed by atoms with E-state index in [9.17, 15) is 9.59 Å². The molecule has 0 aliphatic carbocycles. The number of unbranched alkanes of at least 4 members (excludes halogenated alkanes) is 1. The maximum atomic E-state index is 9.90. The zero-order chi connectivity index (χ0) is 10.7. The standard InChI is InChI=1S/C6H10O4.C2H5Cl/c7-5(8)3-1-2-4-6(9)10;1-2-3/h1-4H2,(H,7,8)(H,9,10);2H2,1H3. The van der Waals surface area contributed by atoms with Gasteiger partial charge in [-0.25, -0.2) is 0 Å². The van der Waals surface area contributed by atoms with Crippen LogP contribution in [0.4, 0.5) is 0 Å². The summed E-state index contributed by atoms with van der Waals surface area (Å²) >= 11 is 5.00. The first kappa shape index (κ1) is 14.7. The summed E-state index contributed by atoms with van der Waals surface area (Å²) in [4.78, 5) is 19.8. The Morgan fingerprint density at radius 3 is 1.46 bits per heavy atom. The molecule has 0 atom stereocenters. The van der Waals surface area contributed by atoms with Crippen molar-refractivity contribution in [2.45, 2.75) is 32.6 Å². The molecule has 0 aromatic rings. The van der Waals surface area contributed by atoms with Crippen molar-refractivity contribution in [2.75, 3.05) is 5.88 Å². The van der Waals surface area contributed by atoms with Crippen molar-refractivity contribution in [1.82, 2.24) is 0 Å². The first-order chi connectivity index (χ1) is 6.04. The lowest BCUT2D eigenvalue weighted by molar-refractivity contribution is -0.139. The van der Waals surface area contributed by atoms with Gasteiger partial charge in [0.25, 0.3) is 0 Å². The Balaban J connectivity index is 0. The molecule has 0 fully saturated rings. The van der Waals surface area contributed by atoms with Gasteiger partial charge < -0.3 is 10.2 Å². The lowest BCUT2D eigenvalue weighted by Crippen LogP contribution is -1.97. The maximum absolute atomic E-state index is 9.90. The zero-order valence-electron chi connectivity index (χ0n) is 7.62. The fourth-order valence-corrected chi connectivity index (χ4v) is 0.552. The molecule has 5 heteroatoms. The quantitative estimate of drug-likeness (QED) is 0.537. The molecule has 13 heavy (non-hydrogen) atoms. The van der Waals surface area contributed by atoms with Crippen molar-refractivity contribution >= 4 is 23.5 Å². The van der Waals surface area contributed by atoms with Gasteiger partial charge in [0.15, 0.2) is 0 Å². The highest BCUT2D eigenvalue weighted by molar-refractivity contribution is 6.17. The molecule has 0 heterocycles. The Morgan fingerprint density at radius 1 is 1.08 bits per heavy atom. The predicted molar refractivity (Wildman–Crippen MR) is 50.1 cm³/mol. The summed E-state index contributed by atoms with van der Waals surface area (Å²) in [6, 6.07) is 0. The van der Waals surface area contributed by atoms with Gasteiger partial charge in [-0.05, 0) is 12.8 Å². The van der Waals surface area contributed by atoms with Crippen molar-refractivity contribution in [1.29, 1.82) is 0 Å². The molecular formula is C8H15ClO4. The van der Waals surface area contributed by atoms with E-state index in [1.165, 1.54) is 0 Å². The molecule has 0 amide bonds. The van der Waals surface area contributed by atoms with Gasteiger partial charge in [-0.3, -0.25) is 9.59 Å². The van der Waals surface area contributed by atoms with Crippen LogP contribution in [0.3, 0.4) is 0 Å². The second kappa shape index (κ2) is 11.2. The number of hydrogen-bond acceptors (Lipinski definition) is 2. The van der Waals surface area contributed by atoms with Gasteiger partial charge in [0, 0.05) is 18.7 Å². The molecule has 0 spiro atoms. The van der Waals surface area contributed by atoms with Gasteiger partial charge in [0.1, 0.15) is 0 Å². The Hall–Kier alpha value is -0.770. The molecular weight excluding hydrogens is 196 g/mol. The van der Waals surface area contributed by atoms with Crippen molar-refractivity contribution in [3.63, 3.8) is 0 Å². The summed E-state index contributed by atoms with van der Waals surface area (Å²) in [5.41, 5.74) is 0. The third kappa shape index (κ3) is 24.6. The van der Waals surface area contributed by atoms with E-state index in [2.05, 4.69) is 0 Å².